The second-order valence-electron chi connectivity index (χ2n) is 7.57. The summed E-state index contributed by atoms with van der Waals surface area (Å²) in [7, 11) is -3.44. The van der Waals surface area contributed by atoms with Crippen LogP contribution in [0.25, 0.3) is 11.4 Å². The molecular weight excluding hydrogens is 414 g/mol. The Balaban J connectivity index is 1.15. The van der Waals surface area contributed by atoms with Crippen molar-refractivity contribution in [2.24, 2.45) is 0 Å². The summed E-state index contributed by atoms with van der Waals surface area (Å²) in [5.74, 6) is 0.653. The lowest BCUT2D eigenvalue weighted by molar-refractivity contribution is 0.185. The number of aryl methyl sites for hydroxylation is 1. The second kappa shape index (κ2) is 10.1. The average Bonchev–Trinajstić information content (AvgIpc) is 3.29. The number of benzene rings is 1. The van der Waals surface area contributed by atoms with Crippen LogP contribution in [0.5, 0.6) is 0 Å². The van der Waals surface area contributed by atoms with E-state index in [2.05, 4.69) is 25.3 Å². The molecule has 0 aliphatic carbocycles. The molecule has 1 saturated heterocycles. The Morgan fingerprint density at radius 2 is 1.65 bits per heavy atom. The summed E-state index contributed by atoms with van der Waals surface area (Å²) >= 11 is 0. The van der Waals surface area contributed by atoms with E-state index >= 15 is 0 Å². The van der Waals surface area contributed by atoms with Crippen molar-refractivity contribution >= 4 is 10.0 Å². The fourth-order valence-corrected chi connectivity index (χ4v) is 5.04. The minimum absolute atomic E-state index is 0.264. The van der Waals surface area contributed by atoms with Crippen molar-refractivity contribution < 1.29 is 8.42 Å². The van der Waals surface area contributed by atoms with E-state index in [0.29, 0.717) is 18.9 Å². The lowest BCUT2D eigenvalue weighted by atomic mass is 10.2. The zero-order chi connectivity index (χ0) is 21.5. The molecule has 0 unspecified atom stereocenters. The SMILES string of the molecule is O=S(=O)(c1cccnc1)N1CCN(CCCCCn2nnc(-c3ccccc3)n2)CC1. The number of unbranched alkanes of at least 4 members (excludes halogenated alkanes) is 2. The van der Waals surface area contributed by atoms with Gasteiger partial charge in [0.05, 0.1) is 6.54 Å². The van der Waals surface area contributed by atoms with Gasteiger partial charge in [-0.05, 0) is 36.7 Å². The van der Waals surface area contributed by atoms with Gasteiger partial charge in [-0.2, -0.15) is 9.10 Å². The highest BCUT2D eigenvalue weighted by Gasteiger charge is 2.28. The van der Waals surface area contributed by atoms with Gasteiger partial charge in [-0.15, -0.1) is 10.2 Å². The molecule has 31 heavy (non-hydrogen) atoms. The second-order valence-corrected chi connectivity index (χ2v) is 9.51. The number of piperazine rings is 1. The first-order chi connectivity index (χ1) is 15.1. The lowest BCUT2D eigenvalue weighted by Crippen LogP contribution is -2.48. The smallest absolute Gasteiger partial charge is 0.244 e. The van der Waals surface area contributed by atoms with Gasteiger partial charge in [-0.25, -0.2) is 8.42 Å². The molecule has 0 saturated carbocycles. The van der Waals surface area contributed by atoms with E-state index < -0.39 is 10.0 Å². The highest BCUT2D eigenvalue weighted by molar-refractivity contribution is 7.89. The number of nitrogens with zero attached hydrogens (tertiary/aromatic N) is 7. The molecule has 4 rings (SSSR count). The van der Waals surface area contributed by atoms with Gasteiger partial charge in [-0.3, -0.25) is 4.98 Å². The minimum Gasteiger partial charge on any atom is -0.301 e. The summed E-state index contributed by atoms with van der Waals surface area (Å²) in [6.45, 7) is 4.26. The fourth-order valence-electron chi connectivity index (χ4n) is 3.65. The van der Waals surface area contributed by atoms with E-state index in [9.17, 15) is 8.42 Å². The van der Waals surface area contributed by atoms with Gasteiger partial charge in [0.1, 0.15) is 4.90 Å². The van der Waals surface area contributed by atoms with E-state index in [-0.39, 0.29) is 4.90 Å². The van der Waals surface area contributed by atoms with Crippen LogP contribution in [0.4, 0.5) is 0 Å². The Morgan fingerprint density at radius 1 is 0.871 bits per heavy atom. The van der Waals surface area contributed by atoms with Crippen LogP contribution < -0.4 is 0 Å². The average molecular weight is 442 g/mol. The van der Waals surface area contributed by atoms with Crippen LogP contribution in [0.1, 0.15) is 19.3 Å². The molecule has 0 atom stereocenters. The third-order valence-corrected chi connectivity index (χ3v) is 7.30. The highest BCUT2D eigenvalue weighted by Crippen LogP contribution is 2.17. The van der Waals surface area contributed by atoms with Crippen LogP contribution in [0.3, 0.4) is 0 Å². The number of hydrogen-bond acceptors (Lipinski definition) is 7. The van der Waals surface area contributed by atoms with Crippen LogP contribution in [0, 0.1) is 0 Å². The Bertz CT molecular complexity index is 1050. The van der Waals surface area contributed by atoms with Crippen LogP contribution in [0.15, 0.2) is 59.8 Å². The molecule has 0 spiro atoms. The van der Waals surface area contributed by atoms with Gasteiger partial charge in [0.2, 0.25) is 15.8 Å². The minimum atomic E-state index is -3.44. The molecule has 164 valence electrons. The fraction of sp³-hybridized carbons (Fsp3) is 0.429. The van der Waals surface area contributed by atoms with Gasteiger partial charge in [0, 0.05) is 44.1 Å². The summed E-state index contributed by atoms with van der Waals surface area (Å²) in [6.07, 6.45) is 6.11. The maximum Gasteiger partial charge on any atom is 0.244 e. The predicted octanol–water partition coefficient (Wildman–Crippen LogP) is 1.91. The molecule has 0 bridgehead atoms. The number of sulfonamides is 1. The third kappa shape index (κ3) is 5.52. The Kier molecular flexibility index (Phi) is 7.00. The molecule has 1 aliphatic rings. The van der Waals surface area contributed by atoms with Crippen molar-refractivity contribution in [1.82, 2.24) is 34.4 Å². The van der Waals surface area contributed by atoms with Crippen LogP contribution in [-0.4, -0.2) is 75.5 Å². The monoisotopic (exact) mass is 441 g/mol. The van der Waals surface area contributed by atoms with Gasteiger partial charge in [0.15, 0.2) is 0 Å². The summed E-state index contributed by atoms with van der Waals surface area (Å²) < 4.78 is 26.9. The van der Waals surface area contributed by atoms with E-state index in [1.807, 2.05) is 30.3 Å². The lowest BCUT2D eigenvalue weighted by Gasteiger charge is -2.33. The van der Waals surface area contributed by atoms with Crippen molar-refractivity contribution in [3.8, 4) is 11.4 Å². The van der Waals surface area contributed by atoms with Crippen molar-refractivity contribution in [3.05, 3.63) is 54.9 Å². The Labute approximate surface area is 182 Å². The van der Waals surface area contributed by atoms with Crippen molar-refractivity contribution in [2.75, 3.05) is 32.7 Å². The van der Waals surface area contributed by atoms with E-state index in [1.165, 1.54) is 6.20 Å². The van der Waals surface area contributed by atoms with E-state index in [4.69, 9.17) is 0 Å². The Morgan fingerprint density at radius 3 is 2.39 bits per heavy atom. The zero-order valence-corrected chi connectivity index (χ0v) is 18.2. The first-order valence-electron chi connectivity index (χ1n) is 10.6. The van der Waals surface area contributed by atoms with Crippen molar-refractivity contribution in [2.45, 2.75) is 30.7 Å². The van der Waals surface area contributed by atoms with Crippen molar-refractivity contribution in [3.63, 3.8) is 0 Å². The maximum atomic E-state index is 12.7. The largest absolute Gasteiger partial charge is 0.301 e. The van der Waals surface area contributed by atoms with Crippen molar-refractivity contribution in [1.29, 1.82) is 0 Å². The molecule has 0 radical (unpaired) electrons. The zero-order valence-electron chi connectivity index (χ0n) is 17.4. The molecule has 0 amide bonds. The summed E-state index contributed by atoms with van der Waals surface area (Å²) in [5.41, 5.74) is 0.971. The molecule has 3 aromatic rings. The summed E-state index contributed by atoms with van der Waals surface area (Å²) in [4.78, 5) is 8.18. The normalized spacial score (nSPS) is 15.9. The molecule has 9 nitrogen and oxygen atoms in total. The molecular formula is C21H27N7O2S. The number of rotatable bonds is 9. The molecule has 3 heterocycles. The third-order valence-electron chi connectivity index (χ3n) is 5.42. The number of tetrazole rings is 1. The molecule has 10 heteroatoms. The first-order valence-corrected chi connectivity index (χ1v) is 12.0. The van der Waals surface area contributed by atoms with Crippen LogP contribution in [0.2, 0.25) is 0 Å². The van der Waals surface area contributed by atoms with Crippen LogP contribution in [-0.2, 0) is 16.6 Å². The molecule has 1 aliphatic heterocycles. The number of hydrogen-bond donors (Lipinski definition) is 0. The topological polar surface area (TPSA) is 97.1 Å². The first kappa shape index (κ1) is 21.5. The quantitative estimate of drug-likeness (QED) is 0.468. The highest BCUT2D eigenvalue weighted by atomic mass is 32.2. The van der Waals surface area contributed by atoms with Gasteiger partial charge in [-0.1, -0.05) is 36.8 Å². The van der Waals surface area contributed by atoms with Gasteiger partial charge in [0.25, 0.3) is 0 Å². The molecule has 1 aromatic carbocycles. The predicted molar refractivity (Wildman–Crippen MR) is 117 cm³/mol. The summed E-state index contributed by atoms with van der Waals surface area (Å²) in [6, 6.07) is 13.1. The molecule has 1 fully saturated rings. The molecule has 2 aromatic heterocycles. The van der Waals surface area contributed by atoms with Gasteiger partial charge < -0.3 is 4.90 Å². The standard InChI is InChI=1S/C21H27N7O2S/c29-31(30,20-10-7-11-22-18-20)27-16-14-26(15-17-27)12-5-2-6-13-28-24-21(23-25-28)19-8-3-1-4-9-19/h1,3-4,7-11,18H,2,5-6,12-17H2. The Hall–Kier alpha value is -2.69. The van der Waals surface area contributed by atoms with Gasteiger partial charge >= 0.3 is 0 Å². The molecule has 0 N–H and O–H groups in total. The summed E-state index contributed by atoms with van der Waals surface area (Å²) in [5, 5.41) is 12.7. The maximum absolute atomic E-state index is 12.7. The number of pyridine rings is 1. The number of aromatic nitrogens is 5. The van der Waals surface area contributed by atoms with E-state index in [1.54, 1.807) is 27.4 Å². The van der Waals surface area contributed by atoms with Crippen LogP contribution >= 0.6 is 0 Å². The van der Waals surface area contributed by atoms with E-state index in [0.717, 1.165) is 51.0 Å².